The number of esters is 1. The molecule has 2 aromatic rings. The number of methoxy groups -OCH3 is 1. The van der Waals surface area contributed by atoms with Crippen LogP contribution in [-0.4, -0.2) is 23.0 Å². The summed E-state index contributed by atoms with van der Waals surface area (Å²) in [5.41, 5.74) is 1.75. The molecule has 0 atom stereocenters. The molecule has 5 heteroatoms. The van der Waals surface area contributed by atoms with Crippen molar-refractivity contribution >= 4 is 21.9 Å². The Hall–Kier alpha value is -1.75. The fourth-order valence-corrected chi connectivity index (χ4v) is 1.89. The summed E-state index contributed by atoms with van der Waals surface area (Å²) in [6, 6.07) is 9.60. The van der Waals surface area contributed by atoms with Crippen LogP contribution in [-0.2, 0) is 16.0 Å². The molecular weight excluding hydrogens is 296 g/mol. The highest BCUT2D eigenvalue weighted by atomic mass is 79.9. The Balaban J connectivity index is 2.29. The predicted octanol–water partition coefficient (Wildman–Crippen LogP) is 2.62. The molecule has 18 heavy (non-hydrogen) atoms. The smallest absolute Gasteiger partial charge is 0.313 e. The van der Waals surface area contributed by atoms with Crippen LogP contribution in [0.3, 0.4) is 0 Å². The lowest BCUT2D eigenvalue weighted by molar-refractivity contribution is -0.139. The Labute approximate surface area is 113 Å². The molecule has 0 aliphatic heterocycles. The van der Waals surface area contributed by atoms with E-state index < -0.39 is 0 Å². The zero-order valence-corrected chi connectivity index (χ0v) is 11.3. The van der Waals surface area contributed by atoms with Gasteiger partial charge in [-0.1, -0.05) is 28.1 Å². The molecule has 4 nitrogen and oxygen atoms in total. The monoisotopic (exact) mass is 306 g/mol. The molecule has 0 aliphatic rings. The maximum Gasteiger partial charge on any atom is 0.313 e. The van der Waals surface area contributed by atoms with Gasteiger partial charge in [0.05, 0.1) is 12.8 Å². The second kappa shape index (κ2) is 5.73. The van der Waals surface area contributed by atoms with E-state index >= 15 is 0 Å². The van der Waals surface area contributed by atoms with Gasteiger partial charge < -0.3 is 4.74 Å². The minimum Gasteiger partial charge on any atom is -0.469 e. The Morgan fingerprint density at radius 1 is 1.39 bits per heavy atom. The number of benzene rings is 1. The number of carbonyl (C=O) groups excluding carboxylic acids is 1. The number of aromatic nitrogens is 2. The van der Waals surface area contributed by atoms with Crippen molar-refractivity contribution in [2.75, 3.05) is 7.11 Å². The molecule has 0 saturated heterocycles. The third kappa shape index (κ3) is 3.13. The van der Waals surface area contributed by atoms with Crippen LogP contribution in [0.25, 0.3) is 11.3 Å². The lowest BCUT2D eigenvalue weighted by Gasteiger charge is -2.03. The molecule has 0 bridgehead atoms. The Bertz CT molecular complexity index is 572. The van der Waals surface area contributed by atoms with Crippen LogP contribution < -0.4 is 0 Å². The third-order valence-corrected chi connectivity index (χ3v) is 2.85. The summed E-state index contributed by atoms with van der Waals surface area (Å²) in [6.45, 7) is 0. The van der Waals surface area contributed by atoms with Gasteiger partial charge in [0.2, 0.25) is 0 Å². The van der Waals surface area contributed by atoms with Crippen molar-refractivity contribution in [3.63, 3.8) is 0 Å². The minimum absolute atomic E-state index is 0.0817. The van der Waals surface area contributed by atoms with Crippen LogP contribution in [0.1, 0.15) is 5.82 Å². The maximum atomic E-state index is 11.2. The number of halogens is 1. The van der Waals surface area contributed by atoms with Gasteiger partial charge in [-0.25, -0.2) is 9.97 Å². The SMILES string of the molecule is COC(=O)Cc1nccc(-c2cccc(Br)c2)n1. The quantitative estimate of drug-likeness (QED) is 0.818. The molecule has 0 amide bonds. The highest BCUT2D eigenvalue weighted by Gasteiger charge is 2.07. The first kappa shape index (κ1) is 12.7. The van der Waals surface area contributed by atoms with E-state index in [-0.39, 0.29) is 12.4 Å². The molecule has 0 radical (unpaired) electrons. The molecule has 1 aromatic carbocycles. The molecule has 0 fully saturated rings. The van der Waals surface area contributed by atoms with E-state index in [1.54, 1.807) is 6.20 Å². The number of ether oxygens (including phenoxy) is 1. The minimum atomic E-state index is -0.346. The molecule has 0 N–H and O–H groups in total. The molecule has 2 rings (SSSR count). The molecule has 0 spiro atoms. The van der Waals surface area contributed by atoms with Crippen LogP contribution in [0.2, 0.25) is 0 Å². The summed E-state index contributed by atoms with van der Waals surface area (Å²) in [5.74, 6) is 0.112. The topological polar surface area (TPSA) is 52.1 Å². The third-order valence-electron chi connectivity index (χ3n) is 2.36. The van der Waals surface area contributed by atoms with Crippen molar-refractivity contribution < 1.29 is 9.53 Å². The van der Waals surface area contributed by atoms with E-state index in [0.717, 1.165) is 15.7 Å². The van der Waals surface area contributed by atoms with Crippen molar-refractivity contribution in [2.24, 2.45) is 0 Å². The lowest BCUT2D eigenvalue weighted by Crippen LogP contribution is -2.08. The molecule has 0 unspecified atom stereocenters. The molecule has 0 aliphatic carbocycles. The molecule has 92 valence electrons. The number of hydrogen-bond donors (Lipinski definition) is 0. The summed E-state index contributed by atoms with van der Waals surface area (Å²) < 4.78 is 5.57. The summed E-state index contributed by atoms with van der Waals surface area (Å²) in [6.07, 6.45) is 1.72. The van der Waals surface area contributed by atoms with Crippen LogP contribution in [0.15, 0.2) is 41.0 Å². The van der Waals surface area contributed by atoms with Crippen LogP contribution >= 0.6 is 15.9 Å². The predicted molar refractivity (Wildman–Crippen MR) is 70.9 cm³/mol. The number of carbonyl (C=O) groups is 1. The van der Waals surface area contributed by atoms with E-state index in [2.05, 4.69) is 30.6 Å². The summed E-state index contributed by atoms with van der Waals surface area (Å²) in [4.78, 5) is 19.6. The second-order valence-electron chi connectivity index (χ2n) is 3.62. The zero-order valence-electron chi connectivity index (χ0n) is 9.76. The molecule has 0 saturated carbocycles. The van der Waals surface area contributed by atoms with E-state index in [1.807, 2.05) is 30.3 Å². The largest absolute Gasteiger partial charge is 0.469 e. The van der Waals surface area contributed by atoms with Crippen molar-refractivity contribution in [1.82, 2.24) is 9.97 Å². The van der Waals surface area contributed by atoms with Gasteiger partial charge in [-0.2, -0.15) is 0 Å². The van der Waals surface area contributed by atoms with Gasteiger partial charge in [-0.15, -0.1) is 0 Å². The van der Waals surface area contributed by atoms with Crippen LogP contribution in [0, 0.1) is 0 Å². The lowest BCUT2D eigenvalue weighted by atomic mass is 10.1. The van der Waals surface area contributed by atoms with Gasteiger partial charge in [0.25, 0.3) is 0 Å². The van der Waals surface area contributed by atoms with Crippen molar-refractivity contribution in [3.05, 3.63) is 46.8 Å². The van der Waals surface area contributed by atoms with E-state index in [0.29, 0.717) is 5.82 Å². The van der Waals surface area contributed by atoms with Gasteiger partial charge in [-0.05, 0) is 18.2 Å². The van der Waals surface area contributed by atoms with Crippen molar-refractivity contribution in [3.8, 4) is 11.3 Å². The van der Waals surface area contributed by atoms with E-state index in [1.165, 1.54) is 7.11 Å². The fourth-order valence-electron chi connectivity index (χ4n) is 1.49. The van der Waals surface area contributed by atoms with Crippen LogP contribution in [0.4, 0.5) is 0 Å². The van der Waals surface area contributed by atoms with Gasteiger partial charge in [0.1, 0.15) is 12.2 Å². The number of rotatable bonds is 3. The number of hydrogen-bond acceptors (Lipinski definition) is 4. The van der Waals surface area contributed by atoms with E-state index in [9.17, 15) is 4.79 Å². The summed E-state index contributed by atoms with van der Waals surface area (Å²) in [5, 5.41) is 0. The van der Waals surface area contributed by atoms with Gasteiger partial charge in [-0.3, -0.25) is 4.79 Å². The molecule has 1 aromatic heterocycles. The Kier molecular flexibility index (Phi) is 4.04. The Morgan fingerprint density at radius 3 is 2.94 bits per heavy atom. The average molecular weight is 307 g/mol. The van der Waals surface area contributed by atoms with Crippen molar-refractivity contribution in [1.29, 1.82) is 0 Å². The average Bonchev–Trinajstić information content (AvgIpc) is 2.39. The van der Waals surface area contributed by atoms with Crippen molar-refractivity contribution in [2.45, 2.75) is 6.42 Å². The Morgan fingerprint density at radius 2 is 2.22 bits per heavy atom. The normalized spacial score (nSPS) is 10.1. The van der Waals surface area contributed by atoms with Crippen LogP contribution in [0.5, 0.6) is 0 Å². The standard InChI is InChI=1S/C13H11BrN2O2/c1-18-13(17)8-12-15-6-5-11(16-12)9-3-2-4-10(14)7-9/h2-7H,8H2,1H3. The highest BCUT2D eigenvalue weighted by molar-refractivity contribution is 9.10. The van der Waals surface area contributed by atoms with E-state index in [4.69, 9.17) is 0 Å². The summed E-state index contributed by atoms with van der Waals surface area (Å²) >= 11 is 3.41. The first-order chi connectivity index (χ1) is 8.69. The summed E-state index contributed by atoms with van der Waals surface area (Å²) in [7, 11) is 1.35. The zero-order chi connectivity index (χ0) is 13.0. The van der Waals surface area contributed by atoms with Gasteiger partial charge in [0, 0.05) is 16.2 Å². The highest BCUT2D eigenvalue weighted by Crippen LogP contribution is 2.20. The first-order valence-electron chi connectivity index (χ1n) is 5.33. The molecule has 1 heterocycles. The fraction of sp³-hybridized carbons (Fsp3) is 0.154. The molecular formula is C13H11BrN2O2. The van der Waals surface area contributed by atoms with Gasteiger partial charge in [0.15, 0.2) is 0 Å². The first-order valence-corrected chi connectivity index (χ1v) is 6.13. The second-order valence-corrected chi connectivity index (χ2v) is 4.54. The maximum absolute atomic E-state index is 11.2. The van der Waals surface area contributed by atoms with Gasteiger partial charge >= 0.3 is 5.97 Å². The number of nitrogens with zero attached hydrogens (tertiary/aromatic N) is 2.